The zero-order valence-electron chi connectivity index (χ0n) is 11.3. The molecule has 2 nitrogen and oxygen atoms in total. The normalized spacial score (nSPS) is 17.4. The minimum absolute atomic E-state index is 0.453. The summed E-state index contributed by atoms with van der Waals surface area (Å²) in [6, 6.07) is 17.0. The van der Waals surface area contributed by atoms with Crippen molar-refractivity contribution in [2.75, 3.05) is 4.90 Å². The number of rotatable bonds is 1. The molecular weight excluding hydrogens is 312 g/mol. The first kappa shape index (κ1) is 13.2. The van der Waals surface area contributed by atoms with E-state index in [1.807, 2.05) is 18.2 Å². The second-order valence-electron chi connectivity index (χ2n) is 5.16. The van der Waals surface area contributed by atoms with Crippen LogP contribution in [0.25, 0.3) is 0 Å². The van der Waals surface area contributed by atoms with Crippen molar-refractivity contribution >= 4 is 27.3 Å². The molecule has 0 fully saturated rings. The molecule has 1 atom stereocenters. The van der Waals surface area contributed by atoms with Crippen molar-refractivity contribution in [2.45, 2.75) is 25.8 Å². The van der Waals surface area contributed by atoms with Gasteiger partial charge in [0, 0.05) is 16.2 Å². The van der Waals surface area contributed by atoms with E-state index in [2.05, 4.69) is 58.1 Å². The summed E-state index contributed by atoms with van der Waals surface area (Å²) in [5, 5.41) is 8.99. The average molecular weight is 327 g/mol. The minimum atomic E-state index is 0.453. The average Bonchev–Trinajstić information content (AvgIpc) is 2.48. The number of fused-ring (bicyclic) bond motifs is 1. The second kappa shape index (κ2) is 5.30. The molecular formula is C17H15BrN2. The van der Waals surface area contributed by atoms with Gasteiger partial charge >= 0.3 is 0 Å². The van der Waals surface area contributed by atoms with E-state index in [9.17, 15) is 0 Å². The highest BCUT2D eigenvalue weighted by atomic mass is 79.9. The number of benzene rings is 2. The van der Waals surface area contributed by atoms with Crippen molar-refractivity contribution in [3.05, 3.63) is 58.1 Å². The van der Waals surface area contributed by atoms with Gasteiger partial charge in [0.1, 0.15) is 0 Å². The molecule has 1 heterocycles. The summed E-state index contributed by atoms with van der Waals surface area (Å²) in [7, 11) is 0. The Morgan fingerprint density at radius 2 is 2.00 bits per heavy atom. The molecule has 20 heavy (non-hydrogen) atoms. The van der Waals surface area contributed by atoms with Crippen molar-refractivity contribution < 1.29 is 0 Å². The third-order valence-electron chi connectivity index (χ3n) is 3.86. The van der Waals surface area contributed by atoms with Gasteiger partial charge in [0.2, 0.25) is 0 Å². The Hall–Kier alpha value is -1.79. The molecule has 1 aliphatic rings. The number of anilines is 2. The summed E-state index contributed by atoms with van der Waals surface area (Å²) < 4.78 is 0.972. The summed E-state index contributed by atoms with van der Waals surface area (Å²) in [6.45, 7) is 2.25. The second-order valence-corrected chi connectivity index (χ2v) is 6.02. The van der Waals surface area contributed by atoms with Gasteiger partial charge in [0.05, 0.1) is 17.3 Å². The van der Waals surface area contributed by atoms with Crippen LogP contribution in [0.3, 0.4) is 0 Å². The Kier molecular flexibility index (Phi) is 3.50. The number of hydrogen-bond acceptors (Lipinski definition) is 2. The van der Waals surface area contributed by atoms with E-state index in [1.165, 1.54) is 11.3 Å². The molecule has 0 aromatic heterocycles. The van der Waals surface area contributed by atoms with Crippen molar-refractivity contribution in [1.29, 1.82) is 5.26 Å². The van der Waals surface area contributed by atoms with Gasteiger partial charge in [-0.3, -0.25) is 0 Å². The van der Waals surface area contributed by atoms with E-state index < -0.39 is 0 Å². The summed E-state index contributed by atoms with van der Waals surface area (Å²) in [4.78, 5) is 2.37. The lowest BCUT2D eigenvalue weighted by Crippen LogP contribution is -2.33. The van der Waals surface area contributed by atoms with Crippen LogP contribution >= 0.6 is 15.9 Å². The third-order valence-corrected chi connectivity index (χ3v) is 4.49. The van der Waals surface area contributed by atoms with Crippen LogP contribution in [0.4, 0.5) is 11.4 Å². The minimum Gasteiger partial charge on any atom is -0.337 e. The number of nitrogens with zero attached hydrogens (tertiary/aromatic N) is 2. The lowest BCUT2D eigenvalue weighted by molar-refractivity contribution is 0.617. The molecule has 2 aromatic rings. The van der Waals surface area contributed by atoms with Crippen LogP contribution < -0.4 is 4.90 Å². The molecule has 1 aliphatic heterocycles. The Labute approximate surface area is 127 Å². The van der Waals surface area contributed by atoms with E-state index in [1.54, 1.807) is 0 Å². The van der Waals surface area contributed by atoms with Gasteiger partial charge in [0.25, 0.3) is 0 Å². The van der Waals surface area contributed by atoms with Gasteiger partial charge < -0.3 is 4.90 Å². The highest BCUT2D eigenvalue weighted by molar-refractivity contribution is 9.10. The number of hydrogen-bond donors (Lipinski definition) is 0. The zero-order chi connectivity index (χ0) is 14.1. The largest absolute Gasteiger partial charge is 0.337 e. The van der Waals surface area contributed by atoms with Crippen molar-refractivity contribution in [3.63, 3.8) is 0 Å². The van der Waals surface area contributed by atoms with Gasteiger partial charge in [0.15, 0.2) is 0 Å². The number of halogens is 1. The molecule has 0 aliphatic carbocycles. The van der Waals surface area contributed by atoms with Crippen molar-refractivity contribution in [2.24, 2.45) is 0 Å². The van der Waals surface area contributed by atoms with Crippen LogP contribution in [0.2, 0.25) is 0 Å². The molecule has 2 aromatic carbocycles. The molecule has 3 rings (SSSR count). The molecule has 0 saturated carbocycles. The fourth-order valence-electron chi connectivity index (χ4n) is 2.83. The van der Waals surface area contributed by atoms with Gasteiger partial charge in [-0.15, -0.1) is 0 Å². The molecule has 0 bridgehead atoms. The SMILES string of the molecule is CC1CCc2ccccc2N1c1ccc(C#N)cc1Br. The van der Waals surface area contributed by atoms with Gasteiger partial charge in [-0.05, 0) is 65.5 Å². The van der Waals surface area contributed by atoms with Crippen molar-refractivity contribution in [1.82, 2.24) is 0 Å². The first-order valence-electron chi connectivity index (χ1n) is 6.77. The molecule has 3 heteroatoms. The predicted octanol–water partition coefficient (Wildman–Crippen LogP) is 4.79. The summed E-state index contributed by atoms with van der Waals surface area (Å²) in [5.74, 6) is 0. The van der Waals surface area contributed by atoms with Crippen LogP contribution in [0.5, 0.6) is 0 Å². The van der Waals surface area contributed by atoms with E-state index in [4.69, 9.17) is 5.26 Å². The van der Waals surface area contributed by atoms with Gasteiger partial charge in [-0.25, -0.2) is 0 Å². The van der Waals surface area contributed by atoms with E-state index >= 15 is 0 Å². The quantitative estimate of drug-likeness (QED) is 0.753. The number of aryl methyl sites for hydroxylation is 1. The highest BCUT2D eigenvalue weighted by Crippen LogP contribution is 2.40. The number of para-hydroxylation sites is 1. The monoisotopic (exact) mass is 326 g/mol. The molecule has 0 N–H and O–H groups in total. The third kappa shape index (κ3) is 2.21. The molecule has 0 radical (unpaired) electrons. The molecule has 0 saturated heterocycles. The molecule has 0 amide bonds. The Bertz CT molecular complexity index is 688. The molecule has 100 valence electrons. The first-order valence-corrected chi connectivity index (χ1v) is 7.57. The zero-order valence-corrected chi connectivity index (χ0v) is 12.9. The highest BCUT2D eigenvalue weighted by Gasteiger charge is 2.25. The first-order chi connectivity index (χ1) is 9.70. The van der Waals surface area contributed by atoms with Crippen LogP contribution in [-0.4, -0.2) is 6.04 Å². The van der Waals surface area contributed by atoms with Gasteiger partial charge in [-0.1, -0.05) is 18.2 Å². The maximum atomic E-state index is 8.99. The van der Waals surface area contributed by atoms with Crippen LogP contribution in [-0.2, 0) is 6.42 Å². The van der Waals surface area contributed by atoms with E-state index in [0.29, 0.717) is 11.6 Å². The Morgan fingerprint density at radius 3 is 2.75 bits per heavy atom. The fraction of sp³-hybridized carbons (Fsp3) is 0.235. The molecule has 1 unspecified atom stereocenters. The van der Waals surface area contributed by atoms with Crippen LogP contribution in [0, 0.1) is 11.3 Å². The summed E-state index contributed by atoms with van der Waals surface area (Å²) in [5.41, 5.74) is 4.47. The Balaban J connectivity index is 2.12. The topological polar surface area (TPSA) is 27.0 Å². The summed E-state index contributed by atoms with van der Waals surface area (Å²) in [6.07, 6.45) is 2.27. The van der Waals surface area contributed by atoms with Gasteiger partial charge in [-0.2, -0.15) is 5.26 Å². The maximum absolute atomic E-state index is 8.99. The van der Waals surface area contributed by atoms with Crippen molar-refractivity contribution in [3.8, 4) is 6.07 Å². The number of nitriles is 1. The predicted molar refractivity (Wildman–Crippen MR) is 85.2 cm³/mol. The van der Waals surface area contributed by atoms with E-state index in [0.717, 1.165) is 23.0 Å². The lowest BCUT2D eigenvalue weighted by atomic mass is 9.96. The van der Waals surface area contributed by atoms with Crippen LogP contribution in [0.1, 0.15) is 24.5 Å². The Morgan fingerprint density at radius 1 is 1.20 bits per heavy atom. The molecule has 0 spiro atoms. The standard InChI is InChI=1S/C17H15BrN2/c1-12-6-8-14-4-2-3-5-16(14)20(12)17-9-7-13(11-19)10-15(17)18/h2-5,7,9-10,12H,6,8H2,1H3. The summed E-state index contributed by atoms with van der Waals surface area (Å²) >= 11 is 3.61. The van der Waals surface area contributed by atoms with Crippen LogP contribution in [0.15, 0.2) is 46.9 Å². The fourth-order valence-corrected chi connectivity index (χ4v) is 3.40. The smallest absolute Gasteiger partial charge is 0.0992 e. The lowest BCUT2D eigenvalue weighted by Gasteiger charge is -2.37. The van der Waals surface area contributed by atoms with E-state index in [-0.39, 0.29) is 0 Å². The maximum Gasteiger partial charge on any atom is 0.0992 e.